The van der Waals surface area contributed by atoms with Crippen LogP contribution in [0.25, 0.3) is 0 Å². The van der Waals surface area contributed by atoms with Gasteiger partial charge < -0.3 is 10.2 Å². The van der Waals surface area contributed by atoms with Crippen molar-refractivity contribution in [1.29, 1.82) is 0 Å². The van der Waals surface area contributed by atoms with Crippen LogP contribution in [0.2, 0.25) is 0 Å². The van der Waals surface area contributed by atoms with Crippen LogP contribution in [0.3, 0.4) is 0 Å². The summed E-state index contributed by atoms with van der Waals surface area (Å²) in [5.41, 5.74) is 1.90. The number of hydrogen-bond donors (Lipinski definition) is 1. The van der Waals surface area contributed by atoms with Gasteiger partial charge in [0.25, 0.3) is 0 Å². The fraction of sp³-hybridized carbons (Fsp3) is 0.625. The minimum Gasteiger partial charge on any atom is -0.353 e. The SMILES string of the molecule is CCC(C)NC(=O)CN1CCN(C(=O)CCC(=O)c2ccc(CC(C)C)cc2)CC1. The van der Waals surface area contributed by atoms with Crippen LogP contribution in [0.15, 0.2) is 24.3 Å². The Hall–Kier alpha value is -2.21. The molecule has 0 spiro atoms. The van der Waals surface area contributed by atoms with Crippen LogP contribution in [0.5, 0.6) is 0 Å². The van der Waals surface area contributed by atoms with Crippen LogP contribution in [-0.2, 0) is 16.0 Å². The van der Waals surface area contributed by atoms with Crippen molar-refractivity contribution in [3.8, 4) is 0 Å². The summed E-state index contributed by atoms with van der Waals surface area (Å²) in [5, 5.41) is 2.97. The van der Waals surface area contributed by atoms with Gasteiger partial charge in [0.05, 0.1) is 6.54 Å². The molecule has 1 fully saturated rings. The van der Waals surface area contributed by atoms with Crippen LogP contribution in [-0.4, -0.2) is 66.2 Å². The minimum absolute atomic E-state index is 0.0137. The lowest BCUT2D eigenvalue weighted by Gasteiger charge is -2.34. The molecule has 6 heteroatoms. The fourth-order valence-electron chi connectivity index (χ4n) is 3.60. The number of Topliss-reactive ketones (excluding diaryl/α,β-unsaturated/α-hetero) is 1. The first-order chi connectivity index (χ1) is 14.3. The monoisotopic (exact) mass is 415 g/mol. The van der Waals surface area contributed by atoms with Crippen molar-refractivity contribution in [2.75, 3.05) is 32.7 Å². The molecule has 1 N–H and O–H groups in total. The molecule has 2 rings (SSSR count). The molecule has 1 atom stereocenters. The Bertz CT molecular complexity index is 707. The van der Waals surface area contributed by atoms with E-state index < -0.39 is 0 Å². The summed E-state index contributed by atoms with van der Waals surface area (Å²) in [6.45, 7) is 11.3. The second-order valence-corrected chi connectivity index (χ2v) is 8.75. The Balaban J connectivity index is 1.72. The van der Waals surface area contributed by atoms with Crippen LogP contribution in [0.1, 0.15) is 62.9 Å². The summed E-state index contributed by atoms with van der Waals surface area (Å²) < 4.78 is 0. The molecule has 1 aliphatic rings. The lowest BCUT2D eigenvalue weighted by atomic mass is 9.99. The zero-order valence-electron chi connectivity index (χ0n) is 18.9. The standard InChI is InChI=1S/C24H37N3O3/c1-5-19(4)25-23(29)17-26-12-14-27(15-13-26)24(30)11-10-22(28)21-8-6-20(7-9-21)16-18(2)3/h6-9,18-19H,5,10-17H2,1-4H3,(H,25,29). The maximum Gasteiger partial charge on any atom is 0.234 e. The summed E-state index contributed by atoms with van der Waals surface area (Å²) >= 11 is 0. The van der Waals surface area contributed by atoms with E-state index in [1.54, 1.807) is 0 Å². The quantitative estimate of drug-likeness (QED) is 0.597. The average molecular weight is 416 g/mol. The van der Waals surface area contributed by atoms with Crippen molar-refractivity contribution < 1.29 is 14.4 Å². The molecule has 1 heterocycles. The van der Waals surface area contributed by atoms with Gasteiger partial charge in [-0.15, -0.1) is 0 Å². The van der Waals surface area contributed by atoms with Gasteiger partial charge >= 0.3 is 0 Å². The minimum atomic E-state index is 0.0137. The number of piperazine rings is 1. The smallest absolute Gasteiger partial charge is 0.234 e. The van der Waals surface area contributed by atoms with E-state index in [4.69, 9.17) is 0 Å². The second kappa shape index (κ2) is 11.8. The number of hydrogen-bond acceptors (Lipinski definition) is 4. The van der Waals surface area contributed by atoms with Gasteiger partial charge in [0.1, 0.15) is 0 Å². The molecule has 1 unspecified atom stereocenters. The average Bonchev–Trinajstić information content (AvgIpc) is 2.72. The van der Waals surface area contributed by atoms with E-state index in [2.05, 4.69) is 24.1 Å². The third kappa shape index (κ3) is 7.90. The van der Waals surface area contributed by atoms with E-state index in [0.717, 1.165) is 12.8 Å². The summed E-state index contributed by atoms with van der Waals surface area (Å²) in [5.74, 6) is 0.649. The van der Waals surface area contributed by atoms with Gasteiger partial charge in [0.15, 0.2) is 5.78 Å². The molecule has 30 heavy (non-hydrogen) atoms. The zero-order valence-corrected chi connectivity index (χ0v) is 18.9. The van der Waals surface area contributed by atoms with Crippen LogP contribution in [0, 0.1) is 5.92 Å². The van der Waals surface area contributed by atoms with Crippen molar-refractivity contribution in [2.45, 2.75) is 59.4 Å². The third-order valence-corrected chi connectivity index (χ3v) is 5.60. The van der Waals surface area contributed by atoms with Crippen molar-refractivity contribution in [2.24, 2.45) is 5.92 Å². The highest BCUT2D eigenvalue weighted by Crippen LogP contribution is 2.13. The van der Waals surface area contributed by atoms with Crippen molar-refractivity contribution >= 4 is 17.6 Å². The highest BCUT2D eigenvalue weighted by Gasteiger charge is 2.23. The number of carbonyl (C=O) groups excluding carboxylic acids is 3. The van der Waals surface area contributed by atoms with Crippen molar-refractivity contribution in [3.63, 3.8) is 0 Å². The maximum atomic E-state index is 12.5. The molecular weight excluding hydrogens is 378 g/mol. The summed E-state index contributed by atoms with van der Waals surface area (Å²) in [7, 11) is 0. The van der Waals surface area contributed by atoms with E-state index in [0.29, 0.717) is 44.2 Å². The number of nitrogens with zero attached hydrogens (tertiary/aromatic N) is 2. The summed E-state index contributed by atoms with van der Waals surface area (Å²) in [6.07, 6.45) is 2.38. The maximum absolute atomic E-state index is 12.5. The van der Waals surface area contributed by atoms with Crippen molar-refractivity contribution in [1.82, 2.24) is 15.1 Å². The molecule has 1 aromatic carbocycles. The lowest BCUT2D eigenvalue weighted by molar-refractivity contribution is -0.133. The normalized spacial score (nSPS) is 15.8. The first-order valence-electron chi connectivity index (χ1n) is 11.2. The van der Waals surface area contributed by atoms with E-state index in [9.17, 15) is 14.4 Å². The Labute approximate surface area is 181 Å². The van der Waals surface area contributed by atoms with Crippen LogP contribution < -0.4 is 5.32 Å². The van der Waals surface area contributed by atoms with Crippen molar-refractivity contribution in [3.05, 3.63) is 35.4 Å². The topological polar surface area (TPSA) is 69.7 Å². The number of carbonyl (C=O) groups is 3. The van der Waals surface area contributed by atoms with Gasteiger partial charge in [-0.2, -0.15) is 0 Å². The van der Waals surface area contributed by atoms with Gasteiger partial charge in [-0.1, -0.05) is 45.0 Å². The number of ketones is 1. The van der Waals surface area contributed by atoms with Crippen LogP contribution in [0.4, 0.5) is 0 Å². The molecule has 0 saturated carbocycles. The van der Waals surface area contributed by atoms with E-state index in [1.165, 1.54) is 5.56 Å². The predicted molar refractivity (Wildman–Crippen MR) is 119 cm³/mol. The highest BCUT2D eigenvalue weighted by molar-refractivity contribution is 5.98. The fourth-order valence-corrected chi connectivity index (χ4v) is 3.60. The van der Waals surface area contributed by atoms with E-state index in [-0.39, 0.29) is 36.5 Å². The van der Waals surface area contributed by atoms with Crippen LogP contribution >= 0.6 is 0 Å². The molecule has 0 bridgehead atoms. The van der Waals surface area contributed by atoms with Gasteiger partial charge in [-0.25, -0.2) is 0 Å². The number of amides is 2. The Morgan fingerprint density at radius 1 is 0.967 bits per heavy atom. The van der Waals surface area contributed by atoms with E-state index >= 15 is 0 Å². The molecule has 6 nitrogen and oxygen atoms in total. The van der Waals surface area contributed by atoms with Gasteiger partial charge in [-0.05, 0) is 31.2 Å². The molecular formula is C24H37N3O3. The Morgan fingerprint density at radius 2 is 1.60 bits per heavy atom. The molecule has 1 aromatic rings. The van der Waals surface area contributed by atoms with Gasteiger partial charge in [0.2, 0.25) is 11.8 Å². The molecule has 1 aliphatic heterocycles. The largest absolute Gasteiger partial charge is 0.353 e. The highest BCUT2D eigenvalue weighted by atomic mass is 16.2. The van der Waals surface area contributed by atoms with E-state index in [1.807, 2.05) is 43.0 Å². The number of rotatable bonds is 10. The molecule has 0 radical (unpaired) electrons. The second-order valence-electron chi connectivity index (χ2n) is 8.75. The number of benzene rings is 1. The molecule has 1 saturated heterocycles. The summed E-state index contributed by atoms with van der Waals surface area (Å²) in [6, 6.07) is 7.93. The molecule has 0 aliphatic carbocycles. The first-order valence-corrected chi connectivity index (χ1v) is 11.2. The van der Waals surface area contributed by atoms with Gasteiger partial charge in [0, 0.05) is 50.6 Å². The predicted octanol–water partition coefficient (Wildman–Crippen LogP) is 2.91. The van der Waals surface area contributed by atoms with Gasteiger partial charge in [-0.3, -0.25) is 19.3 Å². The Kier molecular flexibility index (Phi) is 9.50. The summed E-state index contributed by atoms with van der Waals surface area (Å²) in [4.78, 5) is 40.8. The lowest BCUT2D eigenvalue weighted by Crippen LogP contribution is -2.51. The molecule has 2 amide bonds. The molecule has 166 valence electrons. The number of nitrogens with one attached hydrogen (secondary N) is 1. The zero-order chi connectivity index (χ0) is 22.1. The Morgan fingerprint density at radius 3 is 2.17 bits per heavy atom. The third-order valence-electron chi connectivity index (χ3n) is 5.60. The first kappa shape index (κ1) is 24.1. The molecule has 0 aromatic heterocycles.